The Morgan fingerprint density at radius 1 is 1.00 bits per heavy atom. The van der Waals surface area contributed by atoms with E-state index >= 15 is 0 Å². The zero-order chi connectivity index (χ0) is 20.7. The third-order valence-electron chi connectivity index (χ3n) is 4.18. The molecule has 0 unspecified atom stereocenters. The highest BCUT2D eigenvalue weighted by molar-refractivity contribution is 7.89. The van der Waals surface area contributed by atoms with E-state index in [0.717, 1.165) is 11.1 Å². The number of aryl methyl sites for hydroxylation is 2. The van der Waals surface area contributed by atoms with Crippen molar-refractivity contribution in [1.82, 2.24) is 4.72 Å². The van der Waals surface area contributed by atoms with Gasteiger partial charge in [-0.3, -0.25) is 9.59 Å². The SMILES string of the molecule is COc1ccc(S(=O)(=O)NCCC(=O)OCC(=O)c2ccc(C)c(C)c2)cc1. The van der Waals surface area contributed by atoms with Crippen LogP contribution in [0, 0.1) is 13.8 Å². The maximum atomic E-state index is 12.2. The van der Waals surface area contributed by atoms with Gasteiger partial charge in [0.2, 0.25) is 10.0 Å². The van der Waals surface area contributed by atoms with E-state index in [0.29, 0.717) is 11.3 Å². The maximum Gasteiger partial charge on any atom is 0.307 e. The third kappa shape index (κ3) is 5.90. The van der Waals surface area contributed by atoms with Gasteiger partial charge in [-0.1, -0.05) is 12.1 Å². The highest BCUT2D eigenvalue weighted by atomic mass is 32.2. The van der Waals surface area contributed by atoms with Crippen LogP contribution in [0.15, 0.2) is 47.4 Å². The van der Waals surface area contributed by atoms with Crippen LogP contribution in [-0.2, 0) is 19.6 Å². The average molecular weight is 405 g/mol. The lowest BCUT2D eigenvalue weighted by atomic mass is 10.0. The average Bonchev–Trinajstić information content (AvgIpc) is 2.68. The summed E-state index contributed by atoms with van der Waals surface area (Å²) in [5.74, 6) is -0.430. The number of nitrogens with one attached hydrogen (secondary N) is 1. The zero-order valence-electron chi connectivity index (χ0n) is 16.0. The molecule has 0 radical (unpaired) electrons. The molecule has 28 heavy (non-hydrogen) atoms. The lowest BCUT2D eigenvalue weighted by molar-refractivity contribution is -0.142. The molecule has 0 saturated carbocycles. The van der Waals surface area contributed by atoms with Gasteiger partial charge in [-0.15, -0.1) is 0 Å². The first-order valence-corrected chi connectivity index (χ1v) is 10.1. The predicted molar refractivity (Wildman–Crippen MR) is 104 cm³/mol. The van der Waals surface area contributed by atoms with E-state index in [9.17, 15) is 18.0 Å². The number of Topliss-reactive ketones (excluding diaryl/α,β-unsaturated/α-hetero) is 1. The number of carbonyl (C=O) groups excluding carboxylic acids is 2. The van der Waals surface area contributed by atoms with Crippen LogP contribution in [0.4, 0.5) is 0 Å². The first-order chi connectivity index (χ1) is 13.2. The lowest BCUT2D eigenvalue weighted by Gasteiger charge is -2.08. The second kappa shape index (κ2) is 9.48. The van der Waals surface area contributed by atoms with Crippen molar-refractivity contribution in [2.75, 3.05) is 20.3 Å². The number of hydrogen-bond donors (Lipinski definition) is 1. The van der Waals surface area contributed by atoms with E-state index in [-0.39, 0.29) is 30.3 Å². The number of carbonyl (C=O) groups is 2. The molecule has 0 aliphatic carbocycles. The molecule has 0 amide bonds. The van der Waals surface area contributed by atoms with Gasteiger partial charge in [0.25, 0.3) is 0 Å². The van der Waals surface area contributed by atoms with Crippen LogP contribution in [0.1, 0.15) is 27.9 Å². The monoisotopic (exact) mass is 405 g/mol. The fourth-order valence-corrected chi connectivity index (χ4v) is 3.37. The summed E-state index contributed by atoms with van der Waals surface area (Å²) in [5, 5.41) is 0. The first-order valence-electron chi connectivity index (χ1n) is 8.63. The Bertz CT molecular complexity index is 951. The molecule has 1 N–H and O–H groups in total. The van der Waals surface area contributed by atoms with Crippen molar-refractivity contribution in [2.45, 2.75) is 25.2 Å². The number of esters is 1. The van der Waals surface area contributed by atoms with E-state index in [4.69, 9.17) is 9.47 Å². The molecule has 0 fully saturated rings. The summed E-state index contributed by atoms with van der Waals surface area (Å²) in [7, 11) is -2.26. The number of benzene rings is 2. The summed E-state index contributed by atoms with van der Waals surface area (Å²) in [6.45, 7) is 3.32. The van der Waals surface area contributed by atoms with E-state index in [1.807, 2.05) is 19.9 Å². The van der Waals surface area contributed by atoms with E-state index in [1.165, 1.54) is 31.4 Å². The molecule has 0 atom stereocenters. The normalized spacial score (nSPS) is 11.1. The number of methoxy groups -OCH3 is 1. The van der Waals surface area contributed by atoms with Crippen LogP contribution < -0.4 is 9.46 Å². The lowest BCUT2D eigenvalue weighted by Crippen LogP contribution is -2.27. The van der Waals surface area contributed by atoms with Gasteiger partial charge < -0.3 is 9.47 Å². The zero-order valence-corrected chi connectivity index (χ0v) is 16.8. The quantitative estimate of drug-likeness (QED) is 0.508. The van der Waals surface area contributed by atoms with E-state index in [2.05, 4.69) is 4.72 Å². The predicted octanol–water partition coefficient (Wildman–Crippen LogP) is 2.41. The number of ether oxygens (including phenoxy) is 2. The molecule has 0 aliphatic rings. The third-order valence-corrected chi connectivity index (χ3v) is 5.66. The summed E-state index contributed by atoms with van der Waals surface area (Å²) >= 11 is 0. The van der Waals surface area contributed by atoms with Crippen molar-refractivity contribution >= 4 is 21.8 Å². The highest BCUT2D eigenvalue weighted by Crippen LogP contribution is 2.15. The molecule has 0 saturated heterocycles. The fourth-order valence-electron chi connectivity index (χ4n) is 2.34. The van der Waals surface area contributed by atoms with Crippen LogP contribution in [0.5, 0.6) is 5.75 Å². The number of hydrogen-bond acceptors (Lipinski definition) is 6. The van der Waals surface area contributed by atoms with Gasteiger partial charge in [0.15, 0.2) is 12.4 Å². The van der Waals surface area contributed by atoms with Crippen molar-refractivity contribution < 1.29 is 27.5 Å². The fraction of sp³-hybridized carbons (Fsp3) is 0.300. The molecule has 150 valence electrons. The molecule has 0 spiro atoms. The van der Waals surface area contributed by atoms with Crippen LogP contribution >= 0.6 is 0 Å². The summed E-state index contributed by atoms with van der Waals surface area (Å²) < 4.78 is 36.6. The van der Waals surface area contributed by atoms with Crippen LogP contribution in [0.25, 0.3) is 0 Å². The van der Waals surface area contributed by atoms with Gasteiger partial charge in [-0.2, -0.15) is 0 Å². The van der Waals surface area contributed by atoms with Gasteiger partial charge in [-0.05, 0) is 55.3 Å². The summed E-state index contributed by atoms with van der Waals surface area (Å²) in [6.07, 6.45) is -0.185. The molecule has 0 aromatic heterocycles. The Labute approximate surface area is 164 Å². The second-order valence-corrected chi connectivity index (χ2v) is 7.97. The molecule has 8 heteroatoms. The van der Waals surface area contributed by atoms with Crippen LogP contribution in [0.3, 0.4) is 0 Å². The van der Waals surface area contributed by atoms with Crippen molar-refractivity contribution in [3.63, 3.8) is 0 Å². The number of sulfonamides is 1. The molecule has 7 nitrogen and oxygen atoms in total. The van der Waals surface area contributed by atoms with E-state index in [1.54, 1.807) is 12.1 Å². The van der Waals surface area contributed by atoms with Gasteiger partial charge in [0.1, 0.15) is 5.75 Å². The minimum absolute atomic E-state index is 0.0617. The molecule has 0 bridgehead atoms. The van der Waals surface area contributed by atoms with Crippen molar-refractivity contribution in [3.05, 3.63) is 59.2 Å². The van der Waals surface area contributed by atoms with Crippen LogP contribution in [-0.4, -0.2) is 40.4 Å². The van der Waals surface area contributed by atoms with Crippen molar-refractivity contribution in [2.24, 2.45) is 0 Å². The molecular formula is C20H23NO6S. The smallest absolute Gasteiger partial charge is 0.307 e. The van der Waals surface area contributed by atoms with Crippen molar-refractivity contribution in [1.29, 1.82) is 0 Å². The second-order valence-electron chi connectivity index (χ2n) is 6.21. The molecule has 2 aromatic rings. The van der Waals surface area contributed by atoms with Gasteiger partial charge >= 0.3 is 5.97 Å². The maximum absolute atomic E-state index is 12.2. The van der Waals surface area contributed by atoms with Gasteiger partial charge in [-0.25, -0.2) is 13.1 Å². The Hall–Kier alpha value is -2.71. The topological polar surface area (TPSA) is 98.8 Å². The van der Waals surface area contributed by atoms with Gasteiger partial charge in [0, 0.05) is 12.1 Å². The number of ketones is 1. The largest absolute Gasteiger partial charge is 0.497 e. The van der Waals surface area contributed by atoms with Gasteiger partial charge in [0.05, 0.1) is 18.4 Å². The van der Waals surface area contributed by atoms with Crippen molar-refractivity contribution in [3.8, 4) is 5.75 Å². The highest BCUT2D eigenvalue weighted by Gasteiger charge is 2.15. The minimum atomic E-state index is -3.74. The van der Waals surface area contributed by atoms with Crippen LogP contribution in [0.2, 0.25) is 0 Å². The summed E-state index contributed by atoms with van der Waals surface area (Å²) in [6, 6.07) is 11.1. The Balaban J connectivity index is 1.80. The minimum Gasteiger partial charge on any atom is -0.497 e. The molecular weight excluding hydrogens is 382 g/mol. The first kappa shape index (κ1) is 21.6. The summed E-state index contributed by atoms with van der Waals surface area (Å²) in [5.41, 5.74) is 2.51. The Morgan fingerprint density at radius 3 is 2.29 bits per heavy atom. The summed E-state index contributed by atoms with van der Waals surface area (Å²) in [4.78, 5) is 23.9. The molecule has 0 aliphatic heterocycles. The molecule has 2 aromatic carbocycles. The Morgan fingerprint density at radius 2 is 1.68 bits per heavy atom. The van der Waals surface area contributed by atoms with E-state index < -0.39 is 16.0 Å². The standard InChI is InChI=1S/C20H23NO6S/c1-14-4-5-16(12-15(14)2)19(22)13-27-20(23)10-11-21-28(24,25)18-8-6-17(26-3)7-9-18/h4-9,12,21H,10-11,13H2,1-3H3. The Kier molecular flexibility index (Phi) is 7.31. The molecule has 2 rings (SSSR count). The number of rotatable bonds is 9. The molecule has 0 heterocycles.